The number of carbonyl (C=O) groups excluding carboxylic acids is 1. The van der Waals surface area contributed by atoms with Gasteiger partial charge in [-0.15, -0.1) is 0 Å². The van der Waals surface area contributed by atoms with Crippen LogP contribution in [0, 0.1) is 0 Å². The van der Waals surface area contributed by atoms with Crippen molar-refractivity contribution in [3.63, 3.8) is 0 Å². The number of ketones is 1. The number of halogens is 1. The van der Waals surface area contributed by atoms with Crippen molar-refractivity contribution in [3.8, 4) is 0 Å². The molecule has 10 heteroatoms. The van der Waals surface area contributed by atoms with E-state index in [1.54, 1.807) is 91.0 Å². The predicted molar refractivity (Wildman–Crippen MR) is 164 cm³/mol. The van der Waals surface area contributed by atoms with Gasteiger partial charge in [0, 0.05) is 29.1 Å². The lowest BCUT2D eigenvalue weighted by molar-refractivity contribution is 0.102. The highest BCUT2D eigenvalue weighted by Crippen LogP contribution is 2.35. The second-order valence-corrected chi connectivity index (χ2v) is 14.0. The molecule has 42 heavy (non-hydrogen) atoms. The first kappa shape index (κ1) is 28.1. The summed E-state index contributed by atoms with van der Waals surface area (Å²) in [4.78, 5) is 14.7. The minimum absolute atomic E-state index is 0.00452. The lowest BCUT2D eigenvalue weighted by Gasteiger charge is -2.26. The molecule has 2 heterocycles. The molecule has 1 aromatic heterocycles. The molecular weight excluding hydrogens is 592 g/mol. The minimum atomic E-state index is -4.20. The van der Waals surface area contributed by atoms with Crippen molar-refractivity contribution in [2.24, 2.45) is 0 Å². The molecule has 0 saturated carbocycles. The lowest BCUT2D eigenvalue weighted by atomic mass is 9.97. The topological polar surface area (TPSA) is 93.5 Å². The monoisotopic (exact) mass is 616 g/mol. The molecule has 5 aromatic rings. The normalized spacial score (nSPS) is 15.8. The molecule has 0 radical (unpaired) electrons. The van der Waals surface area contributed by atoms with Gasteiger partial charge in [0.1, 0.15) is 5.69 Å². The van der Waals surface area contributed by atoms with Crippen LogP contribution in [-0.2, 0) is 26.5 Å². The molecule has 0 fully saturated rings. The third-order valence-corrected chi connectivity index (χ3v) is 11.2. The fourth-order valence-electron chi connectivity index (χ4n) is 5.27. The van der Waals surface area contributed by atoms with E-state index in [4.69, 9.17) is 11.6 Å². The molecule has 0 amide bonds. The Morgan fingerprint density at radius 2 is 1.26 bits per heavy atom. The summed E-state index contributed by atoms with van der Waals surface area (Å²) in [6, 6.07) is 29.8. The Kier molecular flexibility index (Phi) is 7.36. The Morgan fingerprint density at radius 1 is 0.690 bits per heavy atom. The number of nitrogens with zero attached hydrogens (tertiary/aromatic N) is 2. The average molecular weight is 617 g/mol. The second-order valence-electron chi connectivity index (χ2n) is 9.85. The maximum absolute atomic E-state index is 14.6. The molecule has 0 saturated heterocycles. The summed E-state index contributed by atoms with van der Waals surface area (Å²) in [7, 11) is -8.20. The number of rotatable bonds is 5. The van der Waals surface area contributed by atoms with E-state index in [0.717, 1.165) is 3.97 Å². The molecule has 1 aliphatic heterocycles. The number of carbonyl (C=O) groups is 1. The van der Waals surface area contributed by atoms with E-state index in [-0.39, 0.29) is 40.6 Å². The van der Waals surface area contributed by atoms with Crippen molar-refractivity contribution in [3.05, 3.63) is 137 Å². The first-order valence-electron chi connectivity index (χ1n) is 13.2. The van der Waals surface area contributed by atoms with Crippen LogP contribution in [-0.4, -0.2) is 44.0 Å². The number of para-hydroxylation sites is 1. The Labute approximate surface area is 249 Å². The number of hydrogen-bond acceptors (Lipinski definition) is 5. The highest BCUT2D eigenvalue weighted by atomic mass is 35.5. The summed E-state index contributed by atoms with van der Waals surface area (Å²) >= 11 is 6.45. The zero-order valence-electron chi connectivity index (χ0n) is 22.2. The van der Waals surface area contributed by atoms with Crippen molar-refractivity contribution in [2.75, 3.05) is 13.1 Å². The van der Waals surface area contributed by atoms with Gasteiger partial charge in [0.25, 0.3) is 10.0 Å². The molecule has 212 valence electrons. The summed E-state index contributed by atoms with van der Waals surface area (Å²) < 4.78 is 58.2. The van der Waals surface area contributed by atoms with E-state index >= 15 is 0 Å². The third kappa shape index (κ3) is 4.88. The van der Waals surface area contributed by atoms with Crippen molar-refractivity contribution in [1.29, 1.82) is 0 Å². The molecule has 0 N–H and O–H groups in total. The van der Waals surface area contributed by atoms with Crippen LogP contribution < -0.4 is 0 Å². The van der Waals surface area contributed by atoms with Crippen molar-refractivity contribution in [1.82, 2.24) is 8.28 Å². The van der Waals surface area contributed by atoms with Gasteiger partial charge in [0.15, 0.2) is 0 Å². The summed E-state index contributed by atoms with van der Waals surface area (Å²) in [5.41, 5.74) is 1.41. The average Bonchev–Trinajstić information content (AvgIpc) is 3.34. The number of Topliss-reactive ketones (excluding diaryl/α,β-unsaturated/α-hetero) is 1. The zero-order valence-corrected chi connectivity index (χ0v) is 24.6. The van der Waals surface area contributed by atoms with Crippen molar-refractivity contribution in [2.45, 2.75) is 16.2 Å². The molecule has 4 aromatic carbocycles. The van der Waals surface area contributed by atoms with Crippen LogP contribution in [0.25, 0.3) is 17.0 Å². The standard InChI is InChI=1S/C32H25ClN2O5S2/c33-29-17-9-7-11-23(29)21-24-22-34(41(37,38)25-12-3-1-4-13-25)20-19-28-27-16-8-10-18-30(27)35(31(28)32(24)36)42(39,40)26-14-5-2-6-15-26/h1-18,21H,19-20,22H2/b24-21+. The molecule has 0 atom stereocenters. The van der Waals surface area contributed by atoms with Crippen LogP contribution >= 0.6 is 11.6 Å². The van der Waals surface area contributed by atoms with Crippen LogP contribution in [0.5, 0.6) is 0 Å². The summed E-state index contributed by atoms with van der Waals surface area (Å²) in [5.74, 6) is -0.589. The molecule has 6 rings (SSSR count). The fourth-order valence-corrected chi connectivity index (χ4v) is 8.47. The van der Waals surface area contributed by atoms with Gasteiger partial charge in [0.2, 0.25) is 15.8 Å². The fraction of sp³-hybridized carbons (Fsp3) is 0.0938. The van der Waals surface area contributed by atoms with Crippen LogP contribution in [0.3, 0.4) is 0 Å². The van der Waals surface area contributed by atoms with E-state index in [1.165, 1.54) is 28.6 Å². The molecule has 7 nitrogen and oxygen atoms in total. The first-order chi connectivity index (χ1) is 20.2. The Morgan fingerprint density at radius 3 is 1.93 bits per heavy atom. The maximum atomic E-state index is 14.6. The van der Waals surface area contributed by atoms with E-state index < -0.39 is 25.8 Å². The largest absolute Gasteiger partial charge is 0.287 e. The van der Waals surface area contributed by atoms with Gasteiger partial charge in [-0.25, -0.2) is 20.8 Å². The third-order valence-electron chi connectivity index (χ3n) is 7.30. The zero-order chi connectivity index (χ0) is 29.5. The Balaban J connectivity index is 1.62. The molecule has 0 unspecified atom stereocenters. The SMILES string of the molecule is O=C1/C(=C/c2ccccc2Cl)CN(S(=O)(=O)c2ccccc2)CCc2c1n(S(=O)(=O)c1ccccc1)c1ccccc21. The van der Waals surface area contributed by atoms with Gasteiger partial charge in [-0.3, -0.25) is 4.79 Å². The van der Waals surface area contributed by atoms with Crippen LogP contribution in [0.15, 0.2) is 125 Å². The van der Waals surface area contributed by atoms with Crippen molar-refractivity contribution < 1.29 is 21.6 Å². The predicted octanol–water partition coefficient (Wildman–Crippen LogP) is 6.05. The highest BCUT2D eigenvalue weighted by Gasteiger charge is 2.36. The van der Waals surface area contributed by atoms with Gasteiger partial charge in [-0.05, 0) is 60.0 Å². The minimum Gasteiger partial charge on any atom is -0.287 e. The van der Waals surface area contributed by atoms with Crippen LogP contribution in [0.4, 0.5) is 0 Å². The van der Waals surface area contributed by atoms with E-state index in [2.05, 4.69) is 0 Å². The number of fused-ring (bicyclic) bond motifs is 3. The first-order valence-corrected chi connectivity index (χ1v) is 16.4. The van der Waals surface area contributed by atoms with Crippen LogP contribution in [0.2, 0.25) is 5.02 Å². The smallest absolute Gasteiger partial charge is 0.268 e. The quantitative estimate of drug-likeness (QED) is 0.224. The molecule has 0 spiro atoms. The molecule has 0 bridgehead atoms. The summed E-state index contributed by atoms with van der Waals surface area (Å²) in [6.07, 6.45) is 1.68. The van der Waals surface area contributed by atoms with Gasteiger partial charge < -0.3 is 0 Å². The molecule has 1 aliphatic rings. The van der Waals surface area contributed by atoms with E-state index in [9.17, 15) is 21.6 Å². The van der Waals surface area contributed by atoms with Gasteiger partial charge in [0.05, 0.1) is 15.3 Å². The number of sulfonamides is 1. The van der Waals surface area contributed by atoms with E-state index in [1.807, 2.05) is 0 Å². The number of hydrogen-bond donors (Lipinski definition) is 0. The van der Waals surface area contributed by atoms with Gasteiger partial charge in [-0.1, -0.05) is 84.4 Å². The molecule has 0 aliphatic carbocycles. The second kappa shape index (κ2) is 11.0. The highest BCUT2D eigenvalue weighted by molar-refractivity contribution is 7.90. The van der Waals surface area contributed by atoms with Gasteiger partial charge in [-0.2, -0.15) is 4.31 Å². The Hall–Kier alpha value is -4.02. The van der Waals surface area contributed by atoms with Gasteiger partial charge >= 0.3 is 0 Å². The summed E-state index contributed by atoms with van der Waals surface area (Å²) in [5, 5.41) is 0.936. The number of aromatic nitrogens is 1. The molecular formula is C32H25ClN2O5S2. The maximum Gasteiger partial charge on any atom is 0.268 e. The Bertz CT molecular complexity index is 2070. The summed E-state index contributed by atoms with van der Waals surface area (Å²) in [6.45, 7) is -0.246. The van der Waals surface area contributed by atoms with Crippen molar-refractivity contribution >= 4 is 54.4 Å². The van der Waals surface area contributed by atoms with Crippen LogP contribution in [0.1, 0.15) is 21.6 Å². The lowest BCUT2D eigenvalue weighted by Crippen LogP contribution is -2.38. The number of benzene rings is 4. The van der Waals surface area contributed by atoms with E-state index in [0.29, 0.717) is 27.1 Å².